The zero-order valence-corrected chi connectivity index (χ0v) is 13.8. The van der Waals surface area contributed by atoms with Gasteiger partial charge in [0, 0.05) is 6.20 Å². The minimum Gasteiger partial charge on any atom is -0.442 e. The van der Waals surface area contributed by atoms with E-state index in [0.29, 0.717) is 5.59 Å². The first-order valence-corrected chi connectivity index (χ1v) is 7.06. The van der Waals surface area contributed by atoms with Crippen molar-refractivity contribution in [2.24, 2.45) is 0 Å². The average molecular weight is 294 g/mol. The van der Waals surface area contributed by atoms with Crippen molar-refractivity contribution < 1.29 is 18.8 Å². The zero-order chi connectivity index (χ0) is 16.1. The van der Waals surface area contributed by atoms with Gasteiger partial charge in [0.15, 0.2) is 0 Å². The molecule has 2 heterocycles. The van der Waals surface area contributed by atoms with Gasteiger partial charge in [0.05, 0.1) is 16.8 Å². The molecule has 116 valence electrons. The van der Waals surface area contributed by atoms with Crippen LogP contribution in [0.25, 0.3) is 0 Å². The number of hydrogen-bond donors (Lipinski definition) is 0. The van der Waals surface area contributed by atoms with Crippen molar-refractivity contribution in [2.45, 2.75) is 65.3 Å². The summed E-state index contributed by atoms with van der Waals surface area (Å²) in [6, 6.07) is 1.70. The van der Waals surface area contributed by atoms with Crippen LogP contribution < -0.4 is 5.59 Å². The summed E-state index contributed by atoms with van der Waals surface area (Å²) in [5.41, 5.74) is -1.000. The molecule has 0 saturated carbocycles. The van der Waals surface area contributed by atoms with E-state index in [4.69, 9.17) is 14.0 Å². The molecular formula is C14H23BN2O4. The summed E-state index contributed by atoms with van der Waals surface area (Å²) in [5.74, 6) is 0. The first kappa shape index (κ1) is 16.0. The van der Waals surface area contributed by atoms with Crippen molar-refractivity contribution >= 4 is 18.8 Å². The maximum atomic E-state index is 12.2. The standard InChI is InChI=1S/C14H23BN2O4/c1-12(2,3)19-11(18)17-10(8-9-16-17)15-20-13(4,5)14(6,7)21-15/h8-9H,1-7H3. The summed E-state index contributed by atoms with van der Waals surface area (Å²) in [7, 11) is -0.648. The van der Waals surface area contributed by atoms with Gasteiger partial charge in [-0.2, -0.15) is 9.78 Å². The van der Waals surface area contributed by atoms with E-state index in [9.17, 15) is 4.79 Å². The third kappa shape index (κ3) is 3.13. The molecule has 0 radical (unpaired) electrons. The Balaban J connectivity index is 2.25. The van der Waals surface area contributed by atoms with E-state index in [2.05, 4.69) is 5.10 Å². The van der Waals surface area contributed by atoms with Gasteiger partial charge >= 0.3 is 13.2 Å². The largest absolute Gasteiger partial charge is 0.514 e. The second-order valence-corrected chi connectivity index (χ2v) is 7.24. The van der Waals surface area contributed by atoms with Crippen molar-refractivity contribution in [1.82, 2.24) is 9.78 Å². The molecule has 6 nitrogen and oxygen atoms in total. The van der Waals surface area contributed by atoms with Crippen LogP contribution in [-0.2, 0) is 14.0 Å². The Morgan fingerprint density at radius 1 is 1.24 bits per heavy atom. The summed E-state index contributed by atoms with van der Waals surface area (Å²) in [6.07, 6.45) is 0.988. The Hall–Kier alpha value is -1.34. The summed E-state index contributed by atoms with van der Waals surface area (Å²) >= 11 is 0. The first-order valence-electron chi connectivity index (χ1n) is 7.06. The van der Waals surface area contributed by atoms with E-state index in [1.807, 2.05) is 48.5 Å². The SMILES string of the molecule is CC(C)(C)OC(=O)n1nccc1B1OC(C)(C)C(C)(C)O1. The first-order chi connectivity index (χ1) is 9.43. The second-order valence-electron chi connectivity index (χ2n) is 7.24. The molecule has 2 rings (SSSR count). The molecule has 0 aromatic carbocycles. The Labute approximate surface area is 125 Å². The lowest BCUT2D eigenvalue weighted by Gasteiger charge is -2.32. The normalized spacial score (nSPS) is 20.6. The molecule has 0 unspecified atom stereocenters. The maximum absolute atomic E-state index is 12.2. The van der Waals surface area contributed by atoms with Gasteiger partial charge in [0.1, 0.15) is 5.60 Å². The fourth-order valence-electron chi connectivity index (χ4n) is 1.91. The number of hydrogen-bond acceptors (Lipinski definition) is 5. The second kappa shape index (κ2) is 4.85. The fraction of sp³-hybridized carbons (Fsp3) is 0.714. The molecule has 0 N–H and O–H groups in total. The van der Waals surface area contributed by atoms with Gasteiger partial charge in [0.2, 0.25) is 0 Å². The average Bonchev–Trinajstić information content (AvgIpc) is 2.79. The van der Waals surface area contributed by atoms with E-state index in [0.717, 1.165) is 0 Å². The van der Waals surface area contributed by atoms with E-state index < -0.39 is 30.0 Å². The van der Waals surface area contributed by atoms with Crippen LogP contribution in [0.15, 0.2) is 12.3 Å². The molecule has 0 amide bonds. The molecule has 7 heteroatoms. The monoisotopic (exact) mass is 294 g/mol. The molecule has 1 aliphatic rings. The van der Waals surface area contributed by atoms with E-state index >= 15 is 0 Å². The molecule has 21 heavy (non-hydrogen) atoms. The summed E-state index contributed by atoms with van der Waals surface area (Å²) < 4.78 is 18.4. The molecule has 1 fully saturated rings. The molecule has 1 aromatic heterocycles. The lowest BCUT2D eigenvalue weighted by Crippen LogP contribution is -2.43. The third-order valence-electron chi connectivity index (χ3n) is 3.73. The van der Waals surface area contributed by atoms with Crippen LogP contribution in [0.3, 0.4) is 0 Å². The molecule has 0 spiro atoms. The number of ether oxygens (including phenoxy) is 1. The minimum absolute atomic E-state index is 0.472. The van der Waals surface area contributed by atoms with Crippen LogP contribution in [0.1, 0.15) is 48.5 Å². The molecular weight excluding hydrogens is 271 g/mol. The minimum atomic E-state index is -0.648. The van der Waals surface area contributed by atoms with E-state index in [1.54, 1.807) is 6.07 Å². The fourth-order valence-corrected chi connectivity index (χ4v) is 1.91. The zero-order valence-electron chi connectivity index (χ0n) is 13.8. The highest BCUT2D eigenvalue weighted by Crippen LogP contribution is 2.36. The van der Waals surface area contributed by atoms with Crippen LogP contribution in [0, 0.1) is 0 Å². The van der Waals surface area contributed by atoms with Gasteiger partial charge in [-0.25, -0.2) is 4.79 Å². The highest BCUT2D eigenvalue weighted by atomic mass is 16.7. The van der Waals surface area contributed by atoms with Crippen LogP contribution in [-0.4, -0.2) is 39.8 Å². The highest BCUT2D eigenvalue weighted by molar-refractivity contribution is 6.61. The number of aromatic nitrogens is 2. The maximum Gasteiger partial charge on any atom is 0.514 e. The third-order valence-corrected chi connectivity index (χ3v) is 3.73. The molecule has 0 aliphatic carbocycles. The quantitative estimate of drug-likeness (QED) is 0.741. The lowest BCUT2D eigenvalue weighted by atomic mass is 9.85. The van der Waals surface area contributed by atoms with Gasteiger partial charge in [-0.3, -0.25) is 0 Å². The van der Waals surface area contributed by atoms with Crippen LogP contribution in [0.5, 0.6) is 0 Å². The predicted molar refractivity (Wildman–Crippen MR) is 79.6 cm³/mol. The van der Waals surface area contributed by atoms with Crippen LogP contribution >= 0.6 is 0 Å². The number of rotatable bonds is 1. The Morgan fingerprint density at radius 3 is 2.24 bits per heavy atom. The summed E-state index contributed by atoms with van der Waals surface area (Å²) in [4.78, 5) is 12.2. The van der Waals surface area contributed by atoms with Gasteiger partial charge < -0.3 is 14.0 Å². The van der Waals surface area contributed by atoms with E-state index in [1.165, 1.54) is 10.9 Å². The number of carbonyl (C=O) groups is 1. The lowest BCUT2D eigenvalue weighted by molar-refractivity contribution is 0.00578. The molecule has 1 aromatic rings. The van der Waals surface area contributed by atoms with Gasteiger partial charge in [-0.05, 0) is 54.5 Å². The summed E-state index contributed by atoms with van der Waals surface area (Å²) in [5, 5.41) is 4.02. The molecule has 1 saturated heterocycles. The highest BCUT2D eigenvalue weighted by Gasteiger charge is 2.53. The van der Waals surface area contributed by atoms with Crippen molar-refractivity contribution in [3.8, 4) is 0 Å². The Morgan fingerprint density at radius 2 is 1.76 bits per heavy atom. The van der Waals surface area contributed by atoms with Crippen molar-refractivity contribution in [1.29, 1.82) is 0 Å². The summed E-state index contributed by atoms with van der Waals surface area (Å²) in [6.45, 7) is 13.3. The van der Waals surface area contributed by atoms with E-state index in [-0.39, 0.29) is 0 Å². The van der Waals surface area contributed by atoms with Gasteiger partial charge in [0.25, 0.3) is 0 Å². The molecule has 0 atom stereocenters. The van der Waals surface area contributed by atoms with Crippen LogP contribution in [0.2, 0.25) is 0 Å². The van der Waals surface area contributed by atoms with Gasteiger partial charge in [-0.1, -0.05) is 0 Å². The van der Waals surface area contributed by atoms with Crippen molar-refractivity contribution in [3.63, 3.8) is 0 Å². The number of nitrogens with zero attached hydrogens (tertiary/aromatic N) is 2. The van der Waals surface area contributed by atoms with Crippen LogP contribution in [0.4, 0.5) is 4.79 Å². The Bertz CT molecular complexity index is 529. The van der Waals surface area contributed by atoms with Crippen molar-refractivity contribution in [2.75, 3.05) is 0 Å². The topological polar surface area (TPSA) is 62.6 Å². The van der Waals surface area contributed by atoms with Gasteiger partial charge in [-0.15, -0.1) is 0 Å². The molecule has 1 aliphatic heterocycles. The Kier molecular flexibility index (Phi) is 3.70. The molecule has 0 bridgehead atoms. The van der Waals surface area contributed by atoms with Crippen molar-refractivity contribution in [3.05, 3.63) is 12.3 Å². The number of carbonyl (C=O) groups excluding carboxylic acids is 1. The predicted octanol–water partition coefficient (Wildman–Crippen LogP) is 1.97. The smallest absolute Gasteiger partial charge is 0.442 e.